The molecule has 6 nitrogen and oxygen atoms in total. The van der Waals surface area contributed by atoms with Crippen molar-refractivity contribution in [2.24, 2.45) is 0 Å². The molecule has 0 aromatic heterocycles. The fraction of sp³-hybridized carbons (Fsp3) is 0.0476. The van der Waals surface area contributed by atoms with Gasteiger partial charge in [0.05, 0.1) is 5.56 Å². The molecule has 2 N–H and O–H groups in total. The molecule has 0 fully saturated rings. The number of thioether (sulfide) groups is 1. The number of carbonyl (C=O) groups is 1. The molecule has 3 aromatic carbocycles. The van der Waals surface area contributed by atoms with Gasteiger partial charge in [0, 0.05) is 33.7 Å². The first-order valence-electron chi connectivity index (χ1n) is 8.31. The van der Waals surface area contributed by atoms with Crippen molar-refractivity contribution >= 4 is 17.7 Å². The lowest BCUT2D eigenvalue weighted by Gasteiger charge is -2.36. The number of fused-ring (bicyclic) bond motifs is 6. The molecule has 0 radical (unpaired) electrons. The maximum absolute atomic E-state index is 12.7. The predicted octanol–water partition coefficient (Wildman–Crippen LogP) is 4.24. The second-order valence-electron chi connectivity index (χ2n) is 6.43. The number of esters is 1. The van der Waals surface area contributed by atoms with Gasteiger partial charge in [0.15, 0.2) is 5.60 Å². The van der Waals surface area contributed by atoms with Crippen molar-refractivity contribution in [3.63, 3.8) is 0 Å². The summed E-state index contributed by atoms with van der Waals surface area (Å²) >= 11 is 0.985. The molecule has 3 aromatic rings. The molecular weight excluding hydrogens is 378 g/mol. The van der Waals surface area contributed by atoms with E-state index in [0.29, 0.717) is 38.6 Å². The summed E-state index contributed by atoms with van der Waals surface area (Å²) in [5.74, 6) is 0.129. The zero-order valence-corrected chi connectivity index (χ0v) is 15.0. The van der Waals surface area contributed by atoms with Crippen LogP contribution in [-0.2, 0) is 10.3 Å². The maximum atomic E-state index is 12.7. The van der Waals surface area contributed by atoms with E-state index in [-0.39, 0.29) is 11.5 Å². The van der Waals surface area contributed by atoms with Gasteiger partial charge >= 0.3 is 5.97 Å². The van der Waals surface area contributed by atoms with Crippen LogP contribution in [0.2, 0.25) is 0 Å². The molecule has 2 aliphatic heterocycles. The third kappa shape index (κ3) is 2.12. The summed E-state index contributed by atoms with van der Waals surface area (Å²) in [6.07, 6.45) is 0. The average molecular weight is 389 g/mol. The molecule has 7 heteroatoms. The predicted molar refractivity (Wildman–Crippen MR) is 99.5 cm³/mol. The Morgan fingerprint density at radius 3 is 2.14 bits per heavy atom. The molecule has 136 valence electrons. The van der Waals surface area contributed by atoms with Crippen LogP contribution < -0.4 is 4.74 Å². The van der Waals surface area contributed by atoms with Gasteiger partial charge in [-0.1, -0.05) is 0 Å². The number of aromatic hydroxyl groups is 2. The molecule has 0 aliphatic carbocycles. The van der Waals surface area contributed by atoms with E-state index in [1.165, 1.54) is 24.3 Å². The van der Waals surface area contributed by atoms with Crippen LogP contribution in [0.3, 0.4) is 0 Å². The number of phenols is 2. The van der Waals surface area contributed by atoms with Crippen LogP contribution in [0.15, 0.2) is 59.5 Å². The number of carbonyl (C=O) groups excluding carboxylic acids is 1. The van der Waals surface area contributed by atoms with Crippen LogP contribution in [0.4, 0.5) is 0 Å². The zero-order chi connectivity index (χ0) is 19.5. The molecule has 0 amide bonds. The van der Waals surface area contributed by atoms with E-state index in [0.717, 1.165) is 11.8 Å². The Kier molecular flexibility index (Phi) is 3.36. The molecule has 2 heterocycles. The second-order valence-corrected chi connectivity index (χ2v) is 7.29. The Labute approximate surface area is 163 Å². The van der Waals surface area contributed by atoms with Gasteiger partial charge in [-0.2, -0.15) is 5.26 Å². The van der Waals surface area contributed by atoms with Crippen LogP contribution in [0.5, 0.6) is 23.0 Å². The standard InChI is InChI=1S/C21H11NO5S/c22-10-28-13-3-4-14-17(9-13)21(27-20(14)25)15-5-1-11(23)7-18(15)26-19-8-12(24)2-6-16(19)21/h1-9,23-24H. The highest BCUT2D eigenvalue weighted by Crippen LogP contribution is 2.57. The van der Waals surface area contributed by atoms with Crippen LogP contribution in [0.1, 0.15) is 27.0 Å². The van der Waals surface area contributed by atoms with Crippen molar-refractivity contribution in [1.29, 1.82) is 5.26 Å². The number of rotatable bonds is 1. The minimum atomic E-state index is -1.30. The van der Waals surface area contributed by atoms with Gasteiger partial charge in [0.1, 0.15) is 28.4 Å². The summed E-state index contributed by atoms with van der Waals surface area (Å²) < 4.78 is 11.8. The van der Waals surface area contributed by atoms with Gasteiger partial charge in [-0.05, 0) is 54.2 Å². The number of ether oxygens (including phenoxy) is 2. The summed E-state index contributed by atoms with van der Waals surface area (Å²) in [5, 5.41) is 30.9. The number of nitriles is 1. The van der Waals surface area contributed by atoms with E-state index in [2.05, 4.69) is 0 Å². The Bertz CT molecular complexity index is 1160. The lowest BCUT2D eigenvalue weighted by molar-refractivity contribution is 0.0224. The number of hydrogen-bond donors (Lipinski definition) is 2. The molecule has 5 rings (SSSR count). The monoisotopic (exact) mass is 389 g/mol. The molecule has 1 spiro atoms. The van der Waals surface area contributed by atoms with Crippen molar-refractivity contribution < 1.29 is 24.5 Å². The van der Waals surface area contributed by atoms with Gasteiger partial charge < -0.3 is 19.7 Å². The third-order valence-electron chi connectivity index (χ3n) is 4.91. The largest absolute Gasteiger partial charge is 0.508 e. The topological polar surface area (TPSA) is 99.8 Å². The Morgan fingerprint density at radius 2 is 1.54 bits per heavy atom. The highest BCUT2D eigenvalue weighted by atomic mass is 32.2. The second kappa shape index (κ2) is 5.68. The van der Waals surface area contributed by atoms with E-state index in [1.807, 2.05) is 5.40 Å². The van der Waals surface area contributed by atoms with Crippen LogP contribution in [-0.4, -0.2) is 16.2 Å². The van der Waals surface area contributed by atoms with Gasteiger partial charge in [0.25, 0.3) is 0 Å². The maximum Gasteiger partial charge on any atom is 0.340 e. The molecule has 0 bridgehead atoms. The molecule has 2 aliphatic rings. The summed E-state index contributed by atoms with van der Waals surface area (Å²) in [4.78, 5) is 13.4. The molecule has 0 saturated heterocycles. The minimum absolute atomic E-state index is 0.00385. The number of benzene rings is 3. The SMILES string of the molecule is N#CSc1ccc2c(c1)C1(OC2=O)c2ccc(O)cc2Oc2cc(O)ccc21. The molecule has 28 heavy (non-hydrogen) atoms. The van der Waals surface area contributed by atoms with Crippen LogP contribution in [0, 0.1) is 10.7 Å². The third-order valence-corrected chi connectivity index (χ3v) is 5.49. The van der Waals surface area contributed by atoms with E-state index in [9.17, 15) is 15.0 Å². The van der Waals surface area contributed by atoms with Crippen molar-refractivity contribution in [1.82, 2.24) is 0 Å². The van der Waals surface area contributed by atoms with Crippen molar-refractivity contribution in [3.8, 4) is 28.4 Å². The van der Waals surface area contributed by atoms with Crippen LogP contribution in [0.25, 0.3) is 0 Å². The fourth-order valence-corrected chi connectivity index (χ4v) is 4.21. The highest BCUT2D eigenvalue weighted by molar-refractivity contribution is 8.03. The van der Waals surface area contributed by atoms with Gasteiger partial charge in [-0.3, -0.25) is 0 Å². The first-order valence-corrected chi connectivity index (χ1v) is 9.13. The van der Waals surface area contributed by atoms with Crippen molar-refractivity contribution in [2.45, 2.75) is 10.5 Å². The molecule has 0 saturated carbocycles. The van der Waals surface area contributed by atoms with Gasteiger partial charge in [-0.15, -0.1) is 0 Å². The summed E-state index contributed by atoms with van der Waals surface area (Å²) in [7, 11) is 0. The lowest BCUT2D eigenvalue weighted by atomic mass is 9.77. The van der Waals surface area contributed by atoms with Gasteiger partial charge in [-0.25, -0.2) is 4.79 Å². The smallest absolute Gasteiger partial charge is 0.340 e. The zero-order valence-electron chi connectivity index (χ0n) is 14.2. The fourth-order valence-electron chi connectivity index (χ4n) is 3.79. The van der Waals surface area contributed by atoms with E-state index >= 15 is 0 Å². The van der Waals surface area contributed by atoms with E-state index in [4.69, 9.17) is 14.7 Å². The molecule has 0 atom stereocenters. The average Bonchev–Trinajstić information content (AvgIpc) is 2.94. The molecule has 0 unspecified atom stereocenters. The van der Waals surface area contributed by atoms with Gasteiger partial charge in [0.2, 0.25) is 0 Å². The first-order chi connectivity index (χ1) is 13.5. The lowest BCUT2D eigenvalue weighted by Crippen LogP contribution is -2.32. The van der Waals surface area contributed by atoms with Crippen molar-refractivity contribution in [3.05, 3.63) is 76.9 Å². The van der Waals surface area contributed by atoms with Crippen LogP contribution >= 0.6 is 11.8 Å². The summed E-state index contributed by atoms with van der Waals surface area (Å²) in [6.45, 7) is 0. The Morgan fingerprint density at radius 1 is 0.893 bits per heavy atom. The Hall–Kier alpha value is -3.63. The molecular formula is C21H11NO5S. The number of thiocyanates is 1. The summed E-state index contributed by atoms with van der Waals surface area (Å²) in [6, 6.07) is 14.2. The minimum Gasteiger partial charge on any atom is -0.508 e. The summed E-state index contributed by atoms with van der Waals surface area (Å²) in [5.41, 5.74) is 0.773. The normalized spacial score (nSPS) is 15.0. The number of nitrogens with zero attached hydrogens (tertiary/aromatic N) is 1. The first kappa shape index (κ1) is 16.5. The Balaban J connectivity index is 1.88. The van der Waals surface area contributed by atoms with Crippen molar-refractivity contribution in [2.75, 3.05) is 0 Å². The highest BCUT2D eigenvalue weighted by Gasteiger charge is 2.53. The number of hydrogen-bond acceptors (Lipinski definition) is 7. The van der Waals surface area contributed by atoms with E-state index in [1.54, 1.807) is 30.3 Å². The number of phenolic OH excluding ortho intramolecular Hbond substituents is 2. The quantitative estimate of drug-likeness (QED) is 0.365. The van der Waals surface area contributed by atoms with E-state index < -0.39 is 11.6 Å².